The Balaban J connectivity index is 0.00000363. The van der Waals surface area contributed by atoms with Crippen molar-refractivity contribution < 1.29 is 14.3 Å². The first-order valence-electron chi connectivity index (χ1n) is 11.1. The quantitative estimate of drug-likeness (QED) is 0.228. The van der Waals surface area contributed by atoms with E-state index in [0.29, 0.717) is 46.0 Å². The highest BCUT2D eigenvalue weighted by Crippen LogP contribution is 2.19. The van der Waals surface area contributed by atoms with Crippen LogP contribution in [0.5, 0.6) is 5.75 Å². The molecule has 2 saturated heterocycles. The van der Waals surface area contributed by atoms with E-state index in [0.717, 1.165) is 50.0 Å². The summed E-state index contributed by atoms with van der Waals surface area (Å²) >= 11 is 0. The first-order valence-corrected chi connectivity index (χ1v) is 11.1. The summed E-state index contributed by atoms with van der Waals surface area (Å²) in [7, 11) is 0. The van der Waals surface area contributed by atoms with Gasteiger partial charge in [0.05, 0.1) is 26.3 Å². The van der Waals surface area contributed by atoms with Gasteiger partial charge in [0.25, 0.3) is 0 Å². The molecule has 1 N–H and O–H groups in total. The van der Waals surface area contributed by atoms with E-state index in [-0.39, 0.29) is 29.9 Å². The highest BCUT2D eigenvalue weighted by Gasteiger charge is 2.24. The van der Waals surface area contributed by atoms with Gasteiger partial charge in [-0.25, -0.2) is 4.99 Å². The molecule has 1 aromatic carbocycles. The Bertz CT molecular complexity index is 747. The van der Waals surface area contributed by atoms with Crippen LogP contribution >= 0.6 is 24.0 Å². The highest BCUT2D eigenvalue weighted by atomic mass is 127. The lowest BCUT2D eigenvalue weighted by Gasteiger charge is -2.37. The van der Waals surface area contributed by atoms with E-state index in [2.05, 4.69) is 28.6 Å². The molecule has 2 fully saturated rings. The molecule has 2 heterocycles. The van der Waals surface area contributed by atoms with Crippen LogP contribution in [0.3, 0.4) is 0 Å². The van der Waals surface area contributed by atoms with Crippen LogP contribution in [0, 0.1) is 0 Å². The van der Waals surface area contributed by atoms with E-state index in [1.807, 2.05) is 29.2 Å². The molecule has 178 valence electrons. The number of rotatable bonds is 8. The van der Waals surface area contributed by atoms with Crippen LogP contribution < -0.4 is 10.1 Å². The molecule has 9 heteroatoms. The van der Waals surface area contributed by atoms with Crippen LogP contribution in [0.4, 0.5) is 0 Å². The molecule has 0 atom stereocenters. The first kappa shape index (κ1) is 26.4. The predicted octanol–water partition coefficient (Wildman–Crippen LogP) is 1.81. The lowest BCUT2D eigenvalue weighted by Crippen LogP contribution is -2.54. The van der Waals surface area contributed by atoms with Gasteiger partial charge in [-0.2, -0.15) is 0 Å². The average Bonchev–Trinajstić information content (AvgIpc) is 2.82. The highest BCUT2D eigenvalue weighted by molar-refractivity contribution is 14.0. The van der Waals surface area contributed by atoms with Gasteiger partial charge in [0, 0.05) is 51.4 Å². The fourth-order valence-corrected chi connectivity index (χ4v) is 3.73. The molecule has 8 nitrogen and oxygen atoms in total. The number of hydrogen-bond donors (Lipinski definition) is 1. The summed E-state index contributed by atoms with van der Waals surface area (Å²) in [6.07, 6.45) is 1.74. The van der Waals surface area contributed by atoms with E-state index in [4.69, 9.17) is 14.5 Å². The fraction of sp³-hybridized carbons (Fsp3) is 0.565. The van der Waals surface area contributed by atoms with Gasteiger partial charge >= 0.3 is 0 Å². The first-order chi connectivity index (χ1) is 15.2. The summed E-state index contributed by atoms with van der Waals surface area (Å²) in [6, 6.07) is 7.98. The van der Waals surface area contributed by atoms with Crippen molar-refractivity contribution in [3.63, 3.8) is 0 Å². The number of amides is 1. The number of nitrogens with one attached hydrogen (secondary N) is 1. The summed E-state index contributed by atoms with van der Waals surface area (Å²) in [5, 5.41) is 3.40. The zero-order valence-electron chi connectivity index (χ0n) is 19.0. The third kappa shape index (κ3) is 7.93. The monoisotopic (exact) mass is 557 g/mol. The topological polar surface area (TPSA) is 69.6 Å². The maximum atomic E-state index is 12.5. The summed E-state index contributed by atoms with van der Waals surface area (Å²) in [5.74, 6) is 1.95. The van der Waals surface area contributed by atoms with E-state index in [1.54, 1.807) is 6.08 Å². The molecule has 0 bridgehead atoms. The van der Waals surface area contributed by atoms with Crippen LogP contribution in [0.15, 0.2) is 41.9 Å². The Morgan fingerprint density at radius 1 is 1.16 bits per heavy atom. The summed E-state index contributed by atoms with van der Waals surface area (Å²) in [6.45, 7) is 14.2. The smallest absolute Gasteiger partial charge is 0.236 e. The Kier molecular flexibility index (Phi) is 11.8. The Hall–Kier alpha value is -1.85. The van der Waals surface area contributed by atoms with Crippen molar-refractivity contribution in [1.82, 2.24) is 20.0 Å². The molecule has 1 aromatic rings. The molecule has 0 aliphatic carbocycles. The lowest BCUT2D eigenvalue weighted by molar-refractivity contribution is -0.136. The van der Waals surface area contributed by atoms with Gasteiger partial charge in [-0.05, 0) is 13.0 Å². The van der Waals surface area contributed by atoms with Gasteiger partial charge in [0.2, 0.25) is 5.91 Å². The van der Waals surface area contributed by atoms with E-state index < -0.39 is 0 Å². The number of carbonyl (C=O) groups excluding carboxylic acids is 1. The molecule has 1 amide bonds. The standard InChI is InChI=1S/C23H35N5O3.HI/c1-3-15-31-21-8-6-5-7-20(21)18-25-23(24-4-2)28-11-9-26(10-12-28)19-22(29)27-13-16-30-17-14-27;/h3,5-8H,1,4,9-19H2,2H3,(H,24,25);1H. The molecule has 32 heavy (non-hydrogen) atoms. The molecule has 2 aliphatic rings. The lowest BCUT2D eigenvalue weighted by atomic mass is 10.2. The number of para-hydroxylation sites is 1. The predicted molar refractivity (Wildman–Crippen MR) is 138 cm³/mol. The van der Waals surface area contributed by atoms with Gasteiger partial charge < -0.3 is 24.6 Å². The second-order valence-corrected chi connectivity index (χ2v) is 7.63. The van der Waals surface area contributed by atoms with Crippen LogP contribution in [-0.2, 0) is 16.1 Å². The maximum Gasteiger partial charge on any atom is 0.236 e. The van der Waals surface area contributed by atoms with Gasteiger partial charge in [-0.3, -0.25) is 9.69 Å². The van der Waals surface area contributed by atoms with Crippen molar-refractivity contribution >= 4 is 35.8 Å². The number of halogens is 1. The fourth-order valence-electron chi connectivity index (χ4n) is 3.73. The molecule has 0 saturated carbocycles. The normalized spacial score (nSPS) is 17.5. The third-order valence-corrected chi connectivity index (χ3v) is 5.46. The maximum absolute atomic E-state index is 12.5. The Morgan fingerprint density at radius 2 is 1.88 bits per heavy atom. The van der Waals surface area contributed by atoms with Crippen molar-refractivity contribution in [2.75, 3.05) is 72.2 Å². The Labute approximate surface area is 208 Å². The van der Waals surface area contributed by atoms with Crippen LogP contribution in [0.25, 0.3) is 0 Å². The number of aliphatic imine (C=N–C) groups is 1. The average molecular weight is 557 g/mol. The molecule has 0 unspecified atom stereocenters. The summed E-state index contributed by atoms with van der Waals surface area (Å²) < 4.78 is 11.1. The van der Waals surface area contributed by atoms with Gasteiger partial charge in [0.15, 0.2) is 5.96 Å². The number of benzene rings is 1. The van der Waals surface area contributed by atoms with Crippen molar-refractivity contribution in [3.8, 4) is 5.75 Å². The molecular formula is C23H36IN5O3. The Morgan fingerprint density at radius 3 is 2.56 bits per heavy atom. The number of guanidine groups is 1. The minimum Gasteiger partial charge on any atom is -0.489 e. The minimum atomic E-state index is 0. The van der Waals surface area contributed by atoms with E-state index in [9.17, 15) is 4.79 Å². The number of nitrogens with zero attached hydrogens (tertiary/aromatic N) is 4. The number of hydrogen-bond acceptors (Lipinski definition) is 5. The van der Waals surface area contributed by atoms with E-state index >= 15 is 0 Å². The van der Waals surface area contributed by atoms with Crippen molar-refractivity contribution in [3.05, 3.63) is 42.5 Å². The van der Waals surface area contributed by atoms with Crippen LogP contribution in [-0.4, -0.2) is 98.7 Å². The number of ether oxygens (including phenoxy) is 2. The van der Waals surface area contributed by atoms with Gasteiger partial charge in [-0.15, -0.1) is 24.0 Å². The van der Waals surface area contributed by atoms with Crippen molar-refractivity contribution in [2.24, 2.45) is 4.99 Å². The second kappa shape index (κ2) is 14.3. The number of morpholine rings is 1. The van der Waals surface area contributed by atoms with Crippen molar-refractivity contribution in [2.45, 2.75) is 13.5 Å². The molecule has 0 radical (unpaired) electrons. The van der Waals surface area contributed by atoms with Crippen molar-refractivity contribution in [1.29, 1.82) is 0 Å². The number of carbonyl (C=O) groups is 1. The van der Waals surface area contributed by atoms with Gasteiger partial charge in [-0.1, -0.05) is 30.9 Å². The molecule has 3 rings (SSSR count). The molecule has 2 aliphatic heterocycles. The summed E-state index contributed by atoms with van der Waals surface area (Å²) in [5.41, 5.74) is 1.05. The SMILES string of the molecule is C=CCOc1ccccc1CN=C(NCC)N1CCN(CC(=O)N2CCOCC2)CC1.I. The minimum absolute atomic E-state index is 0. The molecule has 0 spiro atoms. The zero-order valence-corrected chi connectivity index (χ0v) is 21.3. The molecule has 0 aromatic heterocycles. The number of piperazine rings is 1. The third-order valence-electron chi connectivity index (χ3n) is 5.46. The largest absolute Gasteiger partial charge is 0.489 e. The molecular weight excluding hydrogens is 521 g/mol. The van der Waals surface area contributed by atoms with Crippen LogP contribution in [0.2, 0.25) is 0 Å². The second-order valence-electron chi connectivity index (χ2n) is 7.63. The summed E-state index contributed by atoms with van der Waals surface area (Å²) in [4.78, 5) is 23.8. The zero-order chi connectivity index (χ0) is 21.9. The van der Waals surface area contributed by atoms with Gasteiger partial charge in [0.1, 0.15) is 12.4 Å². The van der Waals surface area contributed by atoms with E-state index in [1.165, 1.54) is 0 Å². The van der Waals surface area contributed by atoms with Crippen LogP contribution in [0.1, 0.15) is 12.5 Å².